The summed E-state index contributed by atoms with van der Waals surface area (Å²) < 4.78 is 0. The summed E-state index contributed by atoms with van der Waals surface area (Å²) in [7, 11) is 0. The molecule has 1 rings (SSSR count). The zero-order valence-electron chi connectivity index (χ0n) is 10.8. The molecule has 0 amide bonds. The highest BCUT2D eigenvalue weighted by atomic mass is 14.1. The summed E-state index contributed by atoms with van der Waals surface area (Å²) in [5.41, 5.74) is 6.33. The molecule has 0 nitrogen and oxygen atoms in total. The van der Waals surface area contributed by atoms with Gasteiger partial charge in [-0.3, -0.25) is 0 Å². The van der Waals surface area contributed by atoms with Gasteiger partial charge in [-0.1, -0.05) is 46.1 Å². The van der Waals surface area contributed by atoms with Gasteiger partial charge >= 0.3 is 0 Å². The summed E-state index contributed by atoms with van der Waals surface area (Å²) in [5.74, 6) is 0. The normalized spacial score (nSPS) is 10.2. The quantitative estimate of drug-likeness (QED) is 0.640. The van der Waals surface area contributed by atoms with Crippen LogP contribution in [0.3, 0.4) is 0 Å². The molecular formula is C16H22. The topological polar surface area (TPSA) is 0 Å². The van der Waals surface area contributed by atoms with Crippen LogP contribution >= 0.6 is 0 Å². The maximum atomic E-state index is 4.12. The monoisotopic (exact) mass is 214 g/mol. The van der Waals surface area contributed by atoms with Crippen LogP contribution in [0.2, 0.25) is 0 Å². The molecule has 0 N–H and O–H groups in total. The van der Waals surface area contributed by atoms with E-state index in [-0.39, 0.29) is 0 Å². The lowest BCUT2D eigenvalue weighted by atomic mass is 9.94. The largest absolute Gasteiger partial charge is 0.0952 e. The number of hydrogen-bond donors (Lipinski definition) is 0. The van der Waals surface area contributed by atoms with Crippen LogP contribution < -0.4 is 0 Å². The summed E-state index contributed by atoms with van der Waals surface area (Å²) in [4.78, 5) is 0. The maximum absolute atomic E-state index is 4.12. The Bertz CT molecular complexity index is 362. The van der Waals surface area contributed by atoms with Crippen molar-refractivity contribution in [3.63, 3.8) is 0 Å². The van der Waals surface area contributed by atoms with Crippen molar-refractivity contribution < 1.29 is 0 Å². The van der Waals surface area contributed by atoms with E-state index < -0.39 is 0 Å². The zero-order valence-corrected chi connectivity index (χ0v) is 10.8. The summed E-state index contributed by atoms with van der Waals surface area (Å²) >= 11 is 0. The Hall–Kier alpha value is -1.30. The van der Waals surface area contributed by atoms with E-state index in [4.69, 9.17) is 0 Å². The van der Waals surface area contributed by atoms with E-state index in [2.05, 4.69) is 52.1 Å². The molecule has 0 aliphatic heterocycles. The van der Waals surface area contributed by atoms with Crippen LogP contribution in [0.1, 0.15) is 50.3 Å². The van der Waals surface area contributed by atoms with Crippen LogP contribution in [0.15, 0.2) is 31.4 Å². The van der Waals surface area contributed by atoms with E-state index in [1.54, 1.807) is 0 Å². The second-order valence-electron chi connectivity index (χ2n) is 4.19. The Balaban J connectivity index is 3.20. The average molecular weight is 214 g/mol. The molecule has 0 fully saturated rings. The Morgan fingerprint density at radius 2 is 1.31 bits per heavy atom. The minimum atomic E-state index is 1.01. The Kier molecular flexibility index (Phi) is 4.54. The van der Waals surface area contributed by atoms with Crippen molar-refractivity contribution in [1.82, 2.24) is 0 Å². The van der Waals surface area contributed by atoms with E-state index in [1.807, 2.05) is 0 Å². The van der Waals surface area contributed by atoms with Gasteiger partial charge in [0.1, 0.15) is 0 Å². The van der Waals surface area contributed by atoms with E-state index in [9.17, 15) is 0 Å². The fourth-order valence-electron chi connectivity index (χ4n) is 1.71. The second kappa shape index (κ2) is 5.69. The summed E-state index contributed by atoms with van der Waals surface area (Å²) in [6.45, 7) is 14.7. The van der Waals surface area contributed by atoms with Crippen molar-refractivity contribution in [2.24, 2.45) is 0 Å². The van der Waals surface area contributed by atoms with Crippen LogP contribution in [0.25, 0.3) is 11.1 Å². The molecule has 0 aliphatic rings. The predicted octanol–water partition coefficient (Wildman–Crippen LogP) is 5.10. The van der Waals surface area contributed by atoms with E-state index >= 15 is 0 Å². The van der Waals surface area contributed by atoms with Gasteiger partial charge < -0.3 is 0 Å². The van der Waals surface area contributed by atoms with Crippen LogP contribution in [0, 0.1) is 0 Å². The average Bonchev–Trinajstić information content (AvgIpc) is 2.35. The maximum Gasteiger partial charge on any atom is -0.0222 e. The van der Waals surface area contributed by atoms with Gasteiger partial charge in [0.15, 0.2) is 0 Å². The van der Waals surface area contributed by atoms with Gasteiger partial charge in [-0.05, 0) is 53.2 Å². The highest BCUT2D eigenvalue weighted by Crippen LogP contribution is 2.24. The summed E-state index contributed by atoms with van der Waals surface area (Å²) in [6, 6.07) is 6.72. The minimum absolute atomic E-state index is 1.01. The highest BCUT2D eigenvalue weighted by Gasteiger charge is 2.04. The van der Waals surface area contributed by atoms with Crippen LogP contribution in [-0.4, -0.2) is 0 Å². The molecule has 0 heteroatoms. The molecule has 0 saturated heterocycles. The lowest BCUT2D eigenvalue weighted by Gasteiger charge is -2.11. The molecule has 0 saturated carbocycles. The molecule has 0 atom stereocenters. The summed E-state index contributed by atoms with van der Waals surface area (Å²) in [5, 5.41) is 0. The van der Waals surface area contributed by atoms with Crippen LogP contribution in [-0.2, 0) is 6.42 Å². The Labute approximate surface area is 99.7 Å². The first-order valence-corrected chi connectivity index (χ1v) is 6.12. The lowest BCUT2D eigenvalue weighted by Crippen LogP contribution is -1.91. The number of benzene rings is 1. The van der Waals surface area contributed by atoms with Crippen molar-refractivity contribution in [3.8, 4) is 0 Å². The van der Waals surface area contributed by atoms with Crippen molar-refractivity contribution >= 4 is 11.1 Å². The van der Waals surface area contributed by atoms with Crippen LogP contribution in [0.5, 0.6) is 0 Å². The van der Waals surface area contributed by atoms with E-state index in [0.29, 0.717) is 0 Å². The first-order chi connectivity index (χ1) is 7.62. The molecule has 0 aromatic heterocycles. The molecule has 0 aliphatic carbocycles. The number of aryl methyl sites for hydroxylation is 1. The van der Waals surface area contributed by atoms with Crippen LogP contribution in [0.4, 0.5) is 0 Å². The Morgan fingerprint density at radius 3 is 1.62 bits per heavy atom. The van der Waals surface area contributed by atoms with Gasteiger partial charge in [0, 0.05) is 0 Å². The van der Waals surface area contributed by atoms with Gasteiger partial charge in [-0.2, -0.15) is 0 Å². The van der Waals surface area contributed by atoms with Crippen molar-refractivity contribution in [2.45, 2.75) is 40.0 Å². The summed E-state index contributed by atoms with van der Waals surface area (Å²) in [6.07, 6.45) is 3.07. The third-order valence-electron chi connectivity index (χ3n) is 3.07. The van der Waals surface area contributed by atoms with Gasteiger partial charge in [0.05, 0.1) is 0 Å². The SMILES string of the molecule is C=C(CC)c1cc(CC)cc(C(=C)CC)c1. The molecular weight excluding hydrogens is 192 g/mol. The zero-order chi connectivity index (χ0) is 12.1. The van der Waals surface area contributed by atoms with Crippen molar-refractivity contribution in [2.75, 3.05) is 0 Å². The molecule has 16 heavy (non-hydrogen) atoms. The molecule has 0 radical (unpaired) electrons. The number of hydrogen-bond acceptors (Lipinski definition) is 0. The predicted molar refractivity (Wildman–Crippen MR) is 74.5 cm³/mol. The molecule has 0 spiro atoms. The number of allylic oxidation sites excluding steroid dienone is 2. The smallest absolute Gasteiger partial charge is 0.0222 e. The van der Waals surface area contributed by atoms with E-state index in [1.165, 1.54) is 27.8 Å². The first kappa shape index (κ1) is 12.8. The van der Waals surface area contributed by atoms with Crippen molar-refractivity contribution in [3.05, 3.63) is 48.0 Å². The van der Waals surface area contributed by atoms with Gasteiger partial charge in [0.25, 0.3) is 0 Å². The third kappa shape index (κ3) is 2.85. The molecule has 0 unspecified atom stereocenters. The molecule has 1 aromatic rings. The molecule has 0 heterocycles. The van der Waals surface area contributed by atoms with Crippen molar-refractivity contribution in [1.29, 1.82) is 0 Å². The van der Waals surface area contributed by atoms with E-state index in [0.717, 1.165) is 19.3 Å². The molecule has 0 bridgehead atoms. The minimum Gasteiger partial charge on any atom is -0.0952 e. The van der Waals surface area contributed by atoms with Gasteiger partial charge in [0.2, 0.25) is 0 Å². The Morgan fingerprint density at radius 1 is 0.875 bits per heavy atom. The number of rotatable bonds is 5. The first-order valence-electron chi connectivity index (χ1n) is 6.12. The van der Waals surface area contributed by atoms with Gasteiger partial charge in [-0.15, -0.1) is 0 Å². The van der Waals surface area contributed by atoms with Gasteiger partial charge in [-0.25, -0.2) is 0 Å². The molecule has 1 aromatic carbocycles. The lowest BCUT2D eigenvalue weighted by molar-refractivity contribution is 1.12. The third-order valence-corrected chi connectivity index (χ3v) is 3.07. The highest BCUT2D eigenvalue weighted by molar-refractivity contribution is 5.71. The fourth-order valence-corrected chi connectivity index (χ4v) is 1.71. The second-order valence-corrected chi connectivity index (χ2v) is 4.19. The fraction of sp³-hybridized carbons (Fsp3) is 0.375. The standard InChI is InChI=1S/C16H22/c1-6-12(4)15-9-14(8-3)10-16(11-15)13(5)7-2/h9-11H,4-8H2,1-3H3. The molecule has 86 valence electrons.